The van der Waals surface area contributed by atoms with Crippen molar-refractivity contribution in [2.24, 2.45) is 0 Å². The Bertz CT molecular complexity index is 544. The van der Waals surface area contributed by atoms with Crippen molar-refractivity contribution in [2.75, 3.05) is 32.4 Å². The summed E-state index contributed by atoms with van der Waals surface area (Å²) in [4.78, 5) is 14.4. The van der Waals surface area contributed by atoms with Gasteiger partial charge in [-0.05, 0) is 29.7 Å². The molecule has 0 saturated carbocycles. The topological polar surface area (TPSA) is 50.8 Å². The number of nitrogens with one attached hydrogen (secondary N) is 1. The monoisotopic (exact) mass is 308 g/mol. The minimum Gasteiger partial charge on any atom is -0.493 e. The van der Waals surface area contributed by atoms with Gasteiger partial charge in [0.15, 0.2) is 11.5 Å². The Morgan fingerprint density at radius 3 is 2.62 bits per heavy atom. The first-order valence-corrected chi connectivity index (χ1v) is 8.22. The van der Waals surface area contributed by atoms with Gasteiger partial charge < -0.3 is 14.4 Å². The maximum Gasteiger partial charge on any atom is 0.240 e. The molecular weight excluding hydrogens is 288 g/mol. The lowest BCUT2D eigenvalue weighted by Gasteiger charge is -2.31. The SMILES string of the molecule is COc1cc2c(cc1OC)CN(C(=O)[C@H]1CSCN1)CC2. The Kier molecular flexibility index (Phi) is 4.26. The van der Waals surface area contributed by atoms with E-state index < -0.39 is 0 Å². The summed E-state index contributed by atoms with van der Waals surface area (Å²) in [6.07, 6.45) is 0.862. The first-order chi connectivity index (χ1) is 10.2. The van der Waals surface area contributed by atoms with Crippen LogP contribution in [0.2, 0.25) is 0 Å². The summed E-state index contributed by atoms with van der Waals surface area (Å²) in [5.74, 6) is 3.42. The van der Waals surface area contributed by atoms with Crippen molar-refractivity contribution in [3.05, 3.63) is 23.3 Å². The second-order valence-corrected chi connectivity index (χ2v) is 6.29. The van der Waals surface area contributed by atoms with E-state index in [0.29, 0.717) is 6.54 Å². The van der Waals surface area contributed by atoms with Crippen LogP contribution in [-0.2, 0) is 17.8 Å². The Hall–Kier alpha value is -1.40. The normalized spacial score (nSPS) is 21.0. The van der Waals surface area contributed by atoms with Crippen LogP contribution in [0, 0.1) is 0 Å². The van der Waals surface area contributed by atoms with Gasteiger partial charge in [-0.1, -0.05) is 0 Å². The first kappa shape index (κ1) is 14.5. The number of hydrogen-bond donors (Lipinski definition) is 1. The molecule has 1 atom stereocenters. The highest BCUT2D eigenvalue weighted by Gasteiger charge is 2.30. The summed E-state index contributed by atoms with van der Waals surface area (Å²) in [5, 5.41) is 3.25. The Labute approximate surface area is 129 Å². The van der Waals surface area contributed by atoms with E-state index in [1.165, 1.54) is 5.56 Å². The fourth-order valence-corrected chi connectivity index (χ4v) is 3.78. The van der Waals surface area contributed by atoms with E-state index in [9.17, 15) is 4.79 Å². The predicted octanol–water partition coefficient (Wildman–Crippen LogP) is 1.25. The third kappa shape index (κ3) is 2.82. The van der Waals surface area contributed by atoms with Crippen LogP contribution in [0.1, 0.15) is 11.1 Å². The molecule has 5 nitrogen and oxygen atoms in total. The average Bonchev–Trinajstić information content (AvgIpc) is 3.06. The molecule has 6 heteroatoms. The van der Waals surface area contributed by atoms with E-state index in [2.05, 4.69) is 5.32 Å². The molecule has 0 aliphatic carbocycles. The van der Waals surface area contributed by atoms with Crippen molar-refractivity contribution in [2.45, 2.75) is 19.0 Å². The van der Waals surface area contributed by atoms with E-state index in [-0.39, 0.29) is 11.9 Å². The number of rotatable bonds is 3. The van der Waals surface area contributed by atoms with E-state index >= 15 is 0 Å². The molecule has 21 heavy (non-hydrogen) atoms. The van der Waals surface area contributed by atoms with Crippen molar-refractivity contribution in [3.8, 4) is 11.5 Å². The average molecular weight is 308 g/mol. The van der Waals surface area contributed by atoms with Crippen molar-refractivity contribution in [3.63, 3.8) is 0 Å². The Morgan fingerprint density at radius 1 is 1.29 bits per heavy atom. The fraction of sp³-hybridized carbons (Fsp3) is 0.533. The number of thioether (sulfide) groups is 1. The summed E-state index contributed by atoms with van der Waals surface area (Å²) < 4.78 is 10.7. The lowest BCUT2D eigenvalue weighted by Crippen LogP contribution is -2.46. The van der Waals surface area contributed by atoms with Gasteiger partial charge in [-0.2, -0.15) is 0 Å². The number of ether oxygens (including phenoxy) is 2. The molecule has 1 aromatic rings. The largest absolute Gasteiger partial charge is 0.493 e. The zero-order valence-electron chi connectivity index (χ0n) is 12.3. The molecule has 0 aromatic heterocycles. The van der Waals surface area contributed by atoms with Gasteiger partial charge >= 0.3 is 0 Å². The van der Waals surface area contributed by atoms with Crippen molar-refractivity contribution in [1.29, 1.82) is 0 Å². The molecule has 1 fully saturated rings. The van der Waals surface area contributed by atoms with Crippen LogP contribution < -0.4 is 14.8 Å². The maximum absolute atomic E-state index is 12.5. The third-order valence-electron chi connectivity index (χ3n) is 4.04. The maximum atomic E-state index is 12.5. The van der Waals surface area contributed by atoms with E-state index in [4.69, 9.17) is 9.47 Å². The van der Waals surface area contributed by atoms with Crippen LogP contribution in [0.15, 0.2) is 12.1 Å². The Morgan fingerprint density at radius 2 is 2.00 bits per heavy atom. The van der Waals surface area contributed by atoms with E-state index in [1.807, 2.05) is 17.0 Å². The molecule has 2 heterocycles. The van der Waals surface area contributed by atoms with Crippen LogP contribution in [0.4, 0.5) is 0 Å². The smallest absolute Gasteiger partial charge is 0.240 e. The molecule has 0 spiro atoms. The van der Waals surface area contributed by atoms with Crippen molar-refractivity contribution < 1.29 is 14.3 Å². The second kappa shape index (κ2) is 6.15. The quantitative estimate of drug-likeness (QED) is 0.911. The molecule has 2 aliphatic heterocycles. The lowest BCUT2D eigenvalue weighted by atomic mass is 9.98. The number of methoxy groups -OCH3 is 2. The molecule has 1 saturated heterocycles. The first-order valence-electron chi connectivity index (χ1n) is 7.06. The summed E-state index contributed by atoms with van der Waals surface area (Å²) in [5.41, 5.74) is 2.39. The number of amides is 1. The standard InChI is InChI=1S/C15H20N2O3S/c1-19-13-5-10-3-4-17(7-11(10)6-14(13)20-2)15(18)12-8-21-9-16-12/h5-6,12,16H,3-4,7-9H2,1-2H3/t12-/m1/s1. The Balaban J connectivity index is 1.79. The minimum atomic E-state index is -0.0308. The molecule has 2 aliphatic rings. The molecule has 3 rings (SSSR count). The van der Waals surface area contributed by atoms with E-state index in [0.717, 1.165) is 41.7 Å². The van der Waals surface area contributed by atoms with E-state index in [1.54, 1.807) is 26.0 Å². The molecule has 0 radical (unpaired) electrons. The van der Waals surface area contributed by atoms with Crippen LogP contribution in [0.25, 0.3) is 0 Å². The lowest BCUT2D eigenvalue weighted by molar-refractivity contribution is -0.133. The zero-order valence-corrected chi connectivity index (χ0v) is 13.2. The highest BCUT2D eigenvalue weighted by molar-refractivity contribution is 7.99. The third-order valence-corrected chi connectivity index (χ3v) is 4.98. The van der Waals surface area contributed by atoms with Crippen molar-refractivity contribution >= 4 is 17.7 Å². The zero-order chi connectivity index (χ0) is 14.8. The van der Waals surface area contributed by atoms with Gasteiger partial charge in [0.05, 0.1) is 20.3 Å². The summed E-state index contributed by atoms with van der Waals surface area (Å²) in [6.45, 7) is 1.42. The predicted molar refractivity (Wildman–Crippen MR) is 82.9 cm³/mol. The molecular formula is C15H20N2O3S. The number of fused-ring (bicyclic) bond motifs is 1. The van der Waals surface area contributed by atoms with Crippen LogP contribution >= 0.6 is 11.8 Å². The van der Waals surface area contributed by atoms with Crippen LogP contribution in [0.3, 0.4) is 0 Å². The number of carbonyl (C=O) groups excluding carboxylic acids is 1. The second-order valence-electron chi connectivity index (χ2n) is 5.26. The van der Waals surface area contributed by atoms with Gasteiger partial charge in [0.25, 0.3) is 0 Å². The summed E-state index contributed by atoms with van der Waals surface area (Å²) in [7, 11) is 3.28. The number of hydrogen-bond acceptors (Lipinski definition) is 5. The molecule has 1 aromatic carbocycles. The summed E-state index contributed by atoms with van der Waals surface area (Å²) in [6, 6.07) is 3.99. The highest BCUT2D eigenvalue weighted by atomic mass is 32.2. The van der Waals surface area contributed by atoms with Gasteiger partial charge in [0.1, 0.15) is 0 Å². The van der Waals surface area contributed by atoms with Gasteiger partial charge in [0, 0.05) is 24.7 Å². The van der Waals surface area contributed by atoms with Gasteiger partial charge in [-0.25, -0.2) is 0 Å². The molecule has 0 unspecified atom stereocenters. The van der Waals surface area contributed by atoms with Gasteiger partial charge in [-0.15, -0.1) is 11.8 Å². The number of nitrogens with zero attached hydrogens (tertiary/aromatic N) is 1. The van der Waals surface area contributed by atoms with Gasteiger partial charge in [-0.3, -0.25) is 10.1 Å². The molecule has 114 valence electrons. The molecule has 1 amide bonds. The number of carbonyl (C=O) groups is 1. The fourth-order valence-electron chi connectivity index (χ4n) is 2.85. The number of benzene rings is 1. The minimum absolute atomic E-state index is 0.0308. The van der Waals surface area contributed by atoms with Gasteiger partial charge in [0.2, 0.25) is 5.91 Å². The molecule has 1 N–H and O–H groups in total. The van der Waals surface area contributed by atoms with Crippen molar-refractivity contribution in [1.82, 2.24) is 10.2 Å². The molecule has 0 bridgehead atoms. The van der Waals surface area contributed by atoms with Crippen LogP contribution in [0.5, 0.6) is 11.5 Å². The highest BCUT2D eigenvalue weighted by Crippen LogP contribution is 2.33. The summed E-state index contributed by atoms with van der Waals surface area (Å²) >= 11 is 1.78. The van der Waals surface area contributed by atoms with Crippen LogP contribution in [-0.4, -0.2) is 49.2 Å².